The van der Waals surface area contributed by atoms with E-state index in [2.05, 4.69) is 35.6 Å². The standard InChI is InChI=1S/C11H18N4/c1-9(2)15-8-11(13-14-15)10-4-3-6-12-7-5-10/h4,8-9,12H,3,5-7H2,1-2H3. The molecule has 0 aromatic carbocycles. The maximum Gasteiger partial charge on any atom is 0.108 e. The third-order valence-electron chi connectivity index (χ3n) is 2.65. The minimum atomic E-state index is 0.385. The highest BCUT2D eigenvalue weighted by molar-refractivity contribution is 5.62. The second-order valence-electron chi connectivity index (χ2n) is 4.20. The molecule has 0 bridgehead atoms. The fourth-order valence-corrected chi connectivity index (χ4v) is 1.71. The molecule has 0 saturated heterocycles. The lowest BCUT2D eigenvalue weighted by molar-refractivity contribution is 0.514. The molecule has 1 aromatic rings. The van der Waals surface area contributed by atoms with Crippen LogP contribution >= 0.6 is 0 Å². The average molecular weight is 206 g/mol. The van der Waals surface area contributed by atoms with E-state index in [9.17, 15) is 0 Å². The van der Waals surface area contributed by atoms with Gasteiger partial charge >= 0.3 is 0 Å². The van der Waals surface area contributed by atoms with Crippen LogP contribution in [0.3, 0.4) is 0 Å². The molecule has 2 heterocycles. The Morgan fingerprint density at radius 3 is 3.00 bits per heavy atom. The molecule has 15 heavy (non-hydrogen) atoms. The Morgan fingerprint density at radius 2 is 2.27 bits per heavy atom. The molecule has 0 unspecified atom stereocenters. The first-order valence-corrected chi connectivity index (χ1v) is 5.59. The van der Waals surface area contributed by atoms with Crippen LogP contribution in [0.5, 0.6) is 0 Å². The first-order chi connectivity index (χ1) is 7.27. The molecule has 1 aliphatic heterocycles. The van der Waals surface area contributed by atoms with Crippen LogP contribution < -0.4 is 5.32 Å². The van der Waals surface area contributed by atoms with Crippen molar-refractivity contribution in [3.8, 4) is 0 Å². The van der Waals surface area contributed by atoms with E-state index < -0.39 is 0 Å². The molecule has 4 heteroatoms. The highest BCUT2D eigenvalue weighted by atomic mass is 15.4. The Kier molecular flexibility index (Phi) is 3.16. The number of nitrogens with zero attached hydrogens (tertiary/aromatic N) is 3. The molecule has 0 atom stereocenters. The molecule has 4 nitrogen and oxygen atoms in total. The van der Waals surface area contributed by atoms with E-state index >= 15 is 0 Å². The molecule has 0 saturated carbocycles. The maximum atomic E-state index is 4.22. The number of nitrogens with one attached hydrogen (secondary N) is 1. The molecule has 0 amide bonds. The summed E-state index contributed by atoms with van der Waals surface area (Å²) in [6.07, 6.45) is 6.46. The minimum absolute atomic E-state index is 0.385. The Hall–Kier alpha value is -1.16. The van der Waals surface area contributed by atoms with Crippen LogP contribution in [0.2, 0.25) is 0 Å². The second-order valence-corrected chi connectivity index (χ2v) is 4.20. The van der Waals surface area contributed by atoms with Gasteiger partial charge in [-0.25, -0.2) is 4.68 Å². The summed E-state index contributed by atoms with van der Waals surface area (Å²) in [5.74, 6) is 0. The van der Waals surface area contributed by atoms with Crippen LogP contribution in [0.25, 0.3) is 5.57 Å². The largest absolute Gasteiger partial charge is 0.316 e. The van der Waals surface area contributed by atoms with Crippen molar-refractivity contribution < 1.29 is 0 Å². The van der Waals surface area contributed by atoms with Gasteiger partial charge < -0.3 is 5.32 Å². The Bertz CT molecular complexity index is 351. The summed E-state index contributed by atoms with van der Waals surface area (Å²) in [6, 6.07) is 0.385. The second kappa shape index (κ2) is 4.57. The topological polar surface area (TPSA) is 42.7 Å². The van der Waals surface area contributed by atoms with Crippen molar-refractivity contribution in [2.75, 3.05) is 13.1 Å². The lowest BCUT2D eigenvalue weighted by Crippen LogP contribution is -2.13. The normalized spacial score (nSPS) is 17.7. The number of rotatable bonds is 2. The summed E-state index contributed by atoms with van der Waals surface area (Å²) in [6.45, 7) is 6.34. The van der Waals surface area contributed by atoms with E-state index in [1.165, 1.54) is 5.57 Å². The number of hydrogen-bond acceptors (Lipinski definition) is 3. The number of hydrogen-bond donors (Lipinski definition) is 1. The Labute approximate surface area is 90.4 Å². The van der Waals surface area contributed by atoms with Gasteiger partial charge in [0.1, 0.15) is 5.69 Å². The Morgan fingerprint density at radius 1 is 1.40 bits per heavy atom. The van der Waals surface area contributed by atoms with Crippen molar-refractivity contribution >= 4 is 5.57 Å². The fraction of sp³-hybridized carbons (Fsp3) is 0.636. The monoisotopic (exact) mass is 206 g/mol. The Balaban J connectivity index is 2.17. The summed E-state index contributed by atoms with van der Waals surface area (Å²) in [4.78, 5) is 0. The van der Waals surface area contributed by atoms with Crippen LogP contribution in [0.15, 0.2) is 12.3 Å². The van der Waals surface area contributed by atoms with E-state index in [1.54, 1.807) is 0 Å². The fourth-order valence-electron chi connectivity index (χ4n) is 1.71. The van der Waals surface area contributed by atoms with Crippen LogP contribution in [0.1, 0.15) is 38.4 Å². The van der Waals surface area contributed by atoms with Crippen molar-refractivity contribution in [3.63, 3.8) is 0 Å². The van der Waals surface area contributed by atoms with Gasteiger partial charge in [0.05, 0.1) is 6.20 Å². The van der Waals surface area contributed by atoms with Gasteiger partial charge in [0.2, 0.25) is 0 Å². The lowest BCUT2D eigenvalue weighted by Gasteiger charge is -2.02. The molecule has 0 spiro atoms. The predicted octanol–water partition coefficient (Wildman–Crippen LogP) is 1.63. The van der Waals surface area contributed by atoms with Gasteiger partial charge in [0.15, 0.2) is 0 Å². The number of aromatic nitrogens is 3. The van der Waals surface area contributed by atoms with Crippen LogP contribution in [-0.4, -0.2) is 28.1 Å². The molecule has 0 radical (unpaired) electrons. The highest BCUT2D eigenvalue weighted by Gasteiger charge is 2.09. The van der Waals surface area contributed by atoms with Crippen LogP contribution in [-0.2, 0) is 0 Å². The van der Waals surface area contributed by atoms with Crippen molar-refractivity contribution in [1.82, 2.24) is 20.3 Å². The summed E-state index contributed by atoms with van der Waals surface area (Å²) in [5.41, 5.74) is 2.36. The van der Waals surface area contributed by atoms with Gasteiger partial charge in [-0.3, -0.25) is 0 Å². The van der Waals surface area contributed by atoms with Gasteiger partial charge in [-0.2, -0.15) is 0 Å². The van der Waals surface area contributed by atoms with Gasteiger partial charge in [-0.15, -0.1) is 5.10 Å². The molecular formula is C11H18N4. The predicted molar refractivity (Wildman–Crippen MR) is 60.5 cm³/mol. The first-order valence-electron chi connectivity index (χ1n) is 5.59. The maximum absolute atomic E-state index is 4.22. The third kappa shape index (κ3) is 2.45. The van der Waals surface area contributed by atoms with Gasteiger partial charge in [-0.05, 0) is 45.4 Å². The first kappa shape index (κ1) is 10.4. The molecule has 1 N–H and O–H groups in total. The zero-order valence-electron chi connectivity index (χ0n) is 9.40. The summed E-state index contributed by atoms with van der Waals surface area (Å²) >= 11 is 0. The third-order valence-corrected chi connectivity index (χ3v) is 2.65. The zero-order valence-corrected chi connectivity index (χ0v) is 9.40. The van der Waals surface area contributed by atoms with Gasteiger partial charge in [0.25, 0.3) is 0 Å². The van der Waals surface area contributed by atoms with Gasteiger partial charge in [-0.1, -0.05) is 11.3 Å². The van der Waals surface area contributed by atoms with Crippen molar-refractivity contribution in [2.24, 2.45) is 0 Å². The zero-order chi connectivity index (χ0) is 10.7. The summed E-state index contributed by atoms with van der Waals surface area (Å²) in [7, 11) is 0. The van der Waals surface area contributed by atoms with Crippen molar-refractivity contribution in [2.45, 2.75) is 32.7 Å². The molecule has 0 fully saturated rings. The van der Waals surface area contributed by atoms with Crippen molar-refractivity contribution in [1.29, 1.82) is 0 Å². The van der Waals surface area contributed by atoms with E-state index in [4.69, 9.17) is 0 Å². The van der Waals surface area contributed by atoms with Crippen molar-refractivity contribution in [3.05, 3.63) is 18.0 Å². The van der Waals surface area contributed by atoms with E-state index in [-0.39, 0.29) is 0 Å². The smallest absolute Gasteiger partial charge is 0.108 e. The van der Waals surface area contributed by atoms with Gasteiger partial charge in [0, 0.05) is 6.04 Å². The van der Waals surface area contributed by atoms with E-state index in [0.717, 1.165) is 31.6 Å². The molecule has 82 valence electrons. The molecule has 2 rings (SSSR count). The highest BCUT2D eigenvalue weighted by Crippen LogP contribution is 2.18. The average Bonchev–Trinajstić information content (AvgIpc) is 2.55. The van der Waals surface area contributed by atoms with E-state index in [1.807, 2.05) is 10.9 Å². The molecule has 1 aromatic heterocycles. The molecule has 1 aliphatic rings. The minimum Gasteiger partial charge on any atom is -0.316 e. The SMILES string of the molecule is CC(C)n1cc(C2=CCCNCC2)nn1. The molecular weight excluding hydrogens is 188 g/mol. The summed E-state index contributed by atoms with van der Waals surface area (Å²) in [5, 5.41) is 11.7. The quantitative estimate of drug-likeness (QED) is 0.799. The van der Waals surface area contributed by atoms with E-state index in [0.29, 0.717) is 6.04 Å². The molecule has 0 aliphatic carbocycles. The van der Waals surface area contributed by atoms with Crippen LogP contribution in [0, 0.1) is 0 Å². The summed E-state index contributed by atoms with van der Waals surface area (Å²) < 4.78 is 1.91. The van der Waals surface area contributed by atoms with Crippen LogP contribution in [0.4, 0.5) is 0 Å². The lowest BCUT2D eigenvalue weighted by atomic mass is 10.1.